The summed E-state index contributed by atoms with van der Waals surface area (Å²) in [4.78, 5) is 17.5. The van der Waals surface area contributed by atoms with Gasteiger partial charge in [0.1, 0.15) is 0 Å². The van der Waals surface area contributed by atoms with Crippen molar-refractivity contribution < 1.29 is 0 Å². The monoisotopic (exact) mass is 164 g/mol. The molecule has 0 saturated carbocycles. The zero-order valence-electron chi connectivity index (χ0n) is 6.61. The molecule has 0 aliphatic rings. The Morgan fingerprint density at radius 1 is 1.67 bits per heavy atom. The average molecular weight is 164 g/mol. The van der Waals surface area contributed by atoms with Gasteiger partial charge in [-0.25, -0.2) is 9.78 Å². The minimum Gasteiger partial charge on any atom is -0.296 e. The van der Waals surface area contributed by atoms with Crippen molar-refractivity contribution in [1.82, 2.24) is 19.6 Å². The van der Waals surface area contributed by atoms with Crippen molar-refractivity contribution in [3.05, 3.63) is 28.6 Å². The van der Waals surface area contributed by atoms with Crippen LogP contribution in [0.1, 0.15) is 12.6 Å². The van der Waals surface area contributed by atoms with Crippen LogP contribution in [0.4, 0.5) is 0 Å². The SMILES string of the molecule is CCc1cc2nc[nH]c(=O)n2n1. The molecule has 0 radical (unpaired) electrons. The fraction of sp³-hybridized carbons (Fsp3) is 0.286. The molecule has 0 fully saturated rings. The minimum absolute atomic E-state index is 0.250. The van der Waals surface area contributed by atoms with E-state index in [9.17, 15) is 4.79 Å². The maximum absolute atomic E-state index is 11.1. The Kier molecular flexibility index (Phi) is 1.43. The summed E-state index contributed by atoms with van der Waals surface area (Å²) >= 11 is 0. The van der Waals surface area contributed by atoms with Crippen LogP contribution in [0.15, 0.2) is 17.2 Å². The van der Waals surface area contributed by atoms with Crippen molar-refractivity contribution in [3.63, 3.8) is 0 Å². The summed E-state index contributed by atoms with van der Waals surface area (Å²) in [6.07, 6.45) is 2.18. The molecule has 0 spiro atoms. The van der Waals surface area contributed by atoms with E-state index < -0.39 is 0 Å². The van der Waals surface area contributed by atoms with Crippen LogP contribution in [0, 0.1) is 0 Å². The largest absolute Gasteiger partial charge is 0.349 e. The summed E-state index contributed by atoms with van der Waals surface area (Å²) in [7, 11) is 0. The van der Waals surface area contributed by atoms with Crippen LogP contribution in [0.5, 0.6) is 0 Å². The second kappa shape index (κ2) is 2.44. The highest BCUT2D eigenvalue weighted by Crippen LogP contribution is 1.99. The standard InChI is InChI=1S/C7H8N4O/c1-2-5-3-6-8-4-9-7(12)11(6)10-5/h3-4H,2H2,1H3,(H,8,9,12). The molecule has 0 unspecified atom stereocenters. The van der Waals surface area contributed by atoms with Crippen molar-refractivity contribution in [3.8, 4) is 0 Å². The molecule has 0 aliphatic carbocycles. The van der Waals surface area contributed by atoms with E-state index in [0.29, 0.717) is 5.65 Å². The van der Waals surface area contributed by atoms with Gasteiger partial charge >= 0.3 is 5.69 Å². The third-order valence-electron chi connectivity index (χ3n) is 1.68. The lowest BCUT2D eigenvalue weighted by Gasteiger charge is -1.86. The molecule has 2 aromatic heterocycles. The van der Waals surface area contributed by atoms with Gasteiger partial charge in [-0.05, 0) is 6.42 Å². The number of nitrogens with one attached hydrogen (secondary N) is 1. The van der Waals surface area contributed by atoms with Gasteiger partial charge in [0.15, 0.2) is 5.65 Å². The number of aryl methyl sites for hydroxylation is 1. The van der Waals surface area contributed by atoms with Gasteiger partial charge in [-0.15, -0.1) is 0 Å². The lowest BCUT2D eigenvalue weighted by atomic mass is 10.3. The number of aromatic nitrogens is 4. The van der Waals surface area contributed by atoms with E-state index >= 15 is 0 Å². The van der Waals surface area contributed by atoms with Crippen LogP contribution < -0.4 is 5.69 Å². The van der Waals surface area contributed by atoms with Crippen molar-refractivity contribution in [2.45, 2.75) is 13.3 Å². The molecule has 0 saturated heterocycles. The van der Waals surface area contributed by atoms with E-state index in [1.807, 2.05) is 6.92 Å². The molecule has 2 heterocycles. The predicted octanol–water partition coefficient (Wildman–Crippen LogP) is -0.0200. The van der Waals surface area contributed by atoms with E-state index in [-0.39, 0.29) is 5.69 Å². The highest BCUT2D eigenvalue weighted by molar-refractivity contribution is 5.37. The Hall–Kier alpha value is -1.65. The highest BCUT2D eigenvalue weighted by Gasteiger charge is 2.01. The second-order valence-corrected chi connectivity index (χ2v) is 2.47. The topological polar surface area (TPSA) is 63.0 Å². The number of hydrogen-bond acceptors (Lipinski definition) is 3. The van der Waals surface area contributed by atoms with Crippen molar-refractivity contribution >= 4 is 5.65 Å². The number of fused-ring (bicyclic) bond motifs is 1. The Labute approximate surface area is 68.1 Å². The molecular weight excluding hydrogens is 156 g/mol. The molecule has 5 nitrogen and oxygen atoms in total. The van der Waals surface area contributed by atoms with E-state index in [1.54, 1.807) is 6.07 Å². The second-order valence-electron chi connectivity index (χ2n) is 2.47. The summed E-state index contributed by atoms with van der Waals surface area (Å²) in [5.74, 6) is 0. The van der Waals surface area contributed by atoms with Gasteiger partial charge < -0.3 is 0 Å². The summed E-state index contributed by atoms with van der Waals surface area (Å²) in [5.41, 5.74) is 1.22. The van der Waals surface area contributed by atoms with E-state index in [4.69, 9.17) is 0 Å². The quantitative estimate of drug-likeness (QED) is 0.644. The number of aromatic amines is 1. The molecule has 2 rings (SSSR count). The number of H-pyrrole nitrogens is 1. The molecular formula is C7H8N4O. The zero-order valence-corrected chi connectivity index (χ0v) is 6.61. The Morgan fingerprint density at radius 3 is 3.17 bits per heavy atom. The van der Waals surface area contributed by atoms with E-state index in [0.717, 1.165) is 12.1 Å². The first-order valence-electron chi connectivity index (χ1n) is 3.73. The third-order valence-corrected chi connectivity index (χ3v) is 1.68. The van der Waals surface area contributed by atoms with Crippen LogP contribution in [-0.4, -0.2) is 19.6 Å². The first-order chi connectivity index (χ1) is 5.81. The summed E-state index contributed by atoms with van der Waals surface area (Å²) in [6.45, 7) is 1.98. The van der Waals surface area contributed by atoms with Crippen molar-refractivity contribution in [2.75, 3.05) is 0 Å². The zero-order chi connectivity index (χ0) is 8.55. The van der Waals surface area contributed by atoms with E-state index in [1.165, 1.54) is 10.8 Å². The fourth-order valence-electron chi connectivity index (χ4n) is 1.05. The van der Waals surface area contributed by atoms with Gasteiger partial charge in [0, 0.05) is 6.07 Å². The lowest BCUT2D eigenvalue weighted by molar-refractivity contribution is 0.814. The van der Waals surface area contributed by atoms with Gasteiger partial charge in [0.05, 0.1) is 12.0 Å². The molecule has 0 aliphatic heterocycles. The molecule has 5 heteroatoms. The molecule has 2 aromatic rings. The normalized spacial score (nSPS) is 10.8. The van der Waals surface area contributed by atoms with Gasteiger partial charge in [0.25, 0.3) is 0 Å². The van der Waals surface area contributed by atoms with Crippen molar-refractivity contribution in [1.29, 1.82) is 0 Å². The Morgan fingerprint density at radius 2 is 2.50 bits per heavy atom. The predicted molar refractivity (Wildman–Crippen MR) is 43.0 cm³/mol. The highest BCUT2D eigenvalue weighted by atomic mass is 16.1. The Balaban J connectivity index is 2.83. The average Bonchev–Trinajstić information content (AvgIpc) is 2.49. The molecule has 62 valence electrons. The van der Waals surface area contributed by atoms with Crippen LogP contribution in [0.25, 0.3) is 5.65 Å². The molecule has 1 N–H and O–H groups in total. The molecule has 0 atom stereocenters. The van der Waals surface area contributed by atoms with Gasteiger partial charge in [-0.1, -0.05) is 6.92 Å². The first-order valence-corrected chi connectivity index (χ1v) is 3.73. The van der Waals surface area contributed by atoms with Crippen LogP contribution in [-0.2, 0) is 6.42 Å². The minimum atomic E-state index is -0.250. The van der Waals surface area contributed by atoms with Gasteiger partial charge in [-0.3, -0.25) is 4.98 Å². The molecule has 0 aromatic carbocycles. The third kappa shape index (κ3) is 0.903. The first kappa shape index (κ1) is 7.02. The van der Waals surface area contributed by atoms with Crippen LogP contribution in [0.2, 0.25) is 0 Å². The van der Waals surface area contributed by atoms with Crippen LogP contribution in [0.3, 0.4) is 0 Å². The summed E-state index contributed by atoms with van der Waals surface area (Å²) in [5, 5.41) is 4.04. The van der Waals surface area contributed by atoms with Crippen LogP contribution >= 0.6 is 0 Å². The molecule has 12 heavy (non-hydrogen) atoms. The Bertz CT molecular complexity index is 456. The van der Waals surface area contributed by atoms with Gasteiger partial charge in [-0.2, -0.15) is 9.61 Å². The number of nitrogens with zero attached hydrogens (tertiary/aromatic N) is 3. The fourth-order valence-corrected chi connectivity index (χ4v) is 1.05. The molecule has 0 amide bonds. The maximum atomic E-state index is 11.1. The summed E-state index contributed by atoms with van der Waals surface area (Å²) < 4.78 is 1.26. The summed E-state index contributed by atoms with van der Waals surface area (Å²) in [6, 6.07) is 1.80. The van der Waals surface area contributed by atoms with Gasteiger partial charge in [0.2, 0.25) is 0 Å². The number of hydrogen-bond donors (Lipinski definition) is 1. The smallest absolute Gasteiger partial charge is 0.296 e. The van der Waals surface area contributed by atoms with E-state index in [2.05, 4.69) is 15.1 Å². The number of rotatable bonds is 1. The maximum Gasteiger partial charge on any atom is 0.349 e. The van der Waals surface area contributed by atoms with Crippen molar-refractivity contribution in [2.24, 2.45) is 0 Å². The molecule has 0 bridgehead atoms. The lowest BCUT2D eigenvalue weighted by Crippen LogP contribution is -2.17.